The van der Waals surface area contributed by atoms with Crippen molar-refractivity contribution in [3.05, 3.63) is 12.2 Å². The van der Waals surface area contributed by atoms with Crippen LogP contribution in [0.1, 0.15) is 51.9 Å². The Balaban J connectivity index is 3.32. The van der Waals surface area contributed by atoms with Crippen molar-refractivity contribution < 1.29 is 14.7 Å². The third-order valence-corrected chi connectivity index (χ3v) is 2.35. The van der Waals surface area contributed by atoms with E-state index >= 15 is 0 Å². The average molecular weight is 241 g/mol. The number of hydrogen-bond donors (Lipinski definition) is 2. The van der Waals surface area contributed by atoms with Crippen molar-refractivity contribution in [3.63, 3.8) is 0 Å². The van der Waals surface area contributed by atoms with Gasteiger partial charge in [-0.1, -0.05) is 31.9 Å². The molecule has 0 saturated heterocycles. The maximum Gasteiger partial charge on any atom is 0.322 e. The van der Waals surface area contributed by atoms with Gasteiger partial charge in [0, 0.05) is 6.42 Å². The van der Waals surface area contributed by atoms with E-state index in [9.17, 15) is 9.59 Å². The van der Waals surface area contributed by atoms with Gasteiger partial charge in [-0.25, -0.2) is 0 Å². The fraction of sp³-hybridized carbons (Fsp3) is 0.692. The number of aliphatic carboxylic acids is 1. The second-order valence-electron chi connectivity index (χ2n) is 4.03. The van der Waals surface area contributed by atoms with Gasteiger partial charge in [-0.3, -0.25) is 9.59 Å². The molecule has 0 aromatic rings. The number of amides is 1. The highest BCUT2D eigenvalue weighted by atomic mass is 16.4. The van der Waals surface area contributed by atoms with Crippen LogP contribution in [0.2, 0.25) is 0 Å². The first-order valence-corrected chi connectivity index (χ1v) is 6.30. The lowest BCUT2D eigenvalue weighted by Gasteiger charge is -2.00. The second-order valence-corrected chi connectivity index (χ2v) is 4.03. The van der Waals surface area contributed by atoms with Gasteiger partial charge < -0.3 is 10.4 Å². The minimum atomic E-state index is -1.01. The monoisotopic (exact) mass is 241 g/mol. The normalized spacial score (nSPS) is 10.6. The minimum Gasteiger partial charge on any atom is -0.480 e. The van der Waals surface area contributed by atoms with Crippen LogP contribution in [0.15, 0.2) is 12.2 Å². The summed E-state index contributed by atoms with van der Waals surface area (Å²) >= 11 is 0. The molecule has 0 bridgehead atoms. The molecule has 17 heavy (non-hydrogen) atoms. The second kappa shape index (κ2) is 11.2. The van der Waals surface area contributed by atoms with Crippen LogP contribution in [0.3, 0.4) is 0 Å². The zero-order valence-electron chi connectivity index (χ0n) is 10.6. The maximum atomic E-state index is 11.1. The summed E-state index contributed by atoms with van der Waals surface area (Å²) in [6.07, 6.45) is 11.1. The highest BCUT2D eigenvalue weighted by molar-refractivity contribution is 5.80. The Kier molecular flexibility index (Phi) is 10.3. The summed E-state index contributed by atoms with van der Waals surface area (Å²) in [6.45, 7) is 1.89. The third-order valence-electron chi connectivity index (χ3n) is 2.35. The molecule has 0 aromatic heterocycles. The lowest BCUT2D eigenvalue weighted by atomic mass is 10.1. The Morgan fingerprint density at radius 1 is 1.12 bits per heavy atom. The highest BCUT2D eigenvalue weighted by Crippen LogP contribution is 2.02. The highest BCUT2D eigenvalue weighted by Gasteiger charge is 2.02. The molecule has 0 aromatic carbocycles. The number of hydrogen-bond acceptors (Lipinski definition) is 2. The van der Waals surface area contributed by atoms with Crippen LogP contribution in [-0.2, 0) is 9.59 Å². The van der Waals surface area contributed by atoms with E-state index in [2.05, 4.69) is 24.4 Å². The topological polar surface area (TPSA) is 66.4 Å². The Labute approximate surface area is 103 Å². The van der Waals surface area contributed by atoms with Gasteiger partial charge in [-0.15, -0.1) is 0 Å². The van der Waals surface area contributed by atoms with Crippen LogP contribution in [0, 0.1) is 0 Å². The summed E-state index contributed by atoms with van der Waals surface area (Å²) in [4.78, 5) is 21.3. The van der Waals surface area contributed by atoms with Gasteiger partial charge in [0.2, 0.25) is 5.91 Å². The molecule has 1 amide bonds. The molecule has 98 valence electrons. The number of rotatable bonds is 10. The standard InChI is InChI=1S/C13H23NO3/c1-2-3-4-5-6-7-8-9-10-12(15)14-11-13(16)17/h6-7H,2-5,8-11H2,1H3,(H,14,15)(H,16,17)/b7-6-. The van der Waals surface area contributed by atoms with Gasteiger partial charge in [0.1, 0.15) is 6.54 Å². The molecule has 0 rings (SSSR count). The van der Waals surface area contributed by atoms with Gasteiger partial charge in [0.25, 0.3) is 0 Å². The fourth-order valence-corrected chi connectivity index (χ4v) is 1.39. The molecule has 4 heteroatoms. The molecular weight excluding hydrogens is 218 g/mol. The summed E-state index contributed by atoms with van der Waals surface area (Å²) in [6, 6.07) is 0. The van der Waals surface area contributed by atoms with Gasteiger partial charge in [0.05, 0.1) is 0 Å². The predicted molar refractivity (Wildman–Crippen MR) is 67.8 cm³/mol. The van der Waals surface area contributed by atoms with Gasteiger partial charge in [0.15, 0.2) is 0 Å². The number of carboxylic acid groups (broad SMARTS) is 1. The van der Waals surface area contributed by atoms with Crippen LogP contribution in [0.25, 0.3) is 0 Å². The quantitative estimate of drug-likeness (QED) is 0.456. The van der Waals surface area contributed by atoms with Gasteiger partial charge in [-0.2, -0.15) is 0 Å². The van der Waals surface area contributed by atoms with Crippen LogP contribution in [0.5, 0.6) is 0 Å². The number of carboxylic acids is 1. The van der Waals surface area contributed by atoms with E-state index in [1.807, 2.05) is 0 Å². The maximum absolute atomic E-state index is 11.1. The molecular formula is C13H23NO3. The van der Waals surface area contributed by atoms with E-state index in [0.29, 0.717) is 6.42 Å². The zero-order chi connectivity index (χ0) is 12.9. The van der Waals surface area contributed by atoms with E-state index in [4.69, 9.17) is 5.11 Å². The SMILES string of the molecule is CCCCC/C=C\CCCC(=O)NCC(=O)O. The van der Waals surface area contributed by atoms with E-state index in [1.54, 1.807) is 0 Å². The van der Waals surface area contributed by atoms with Crippen molar-refractivity contribution in [1.29, 1.82) is 0 Å². The Morgan fingerprint density at radius 3 is 2.35 bits per heavy atom. The van der Waals surface area contributed by atoms with Crippen LogP contribution >= 0.6 is 0 Å². The van der Waals surface area contributed by atoms with Crippen molar-refractivity contribution in [2.75, 3.05) is 6.54 Å². The van der Waals surface area contributed by atoms with Crippen LogP contribution in [0.4, 0.5) is 0 Å². The first-order valence-electron chi connectivity index (χ1n) is 6.30. The van der Waals surface area contributed by atoms with Crippen molar-refractivity contribution in [3.8, 4) is 0 Å². The number of nitrogens with one attached hydrogen (secondary N) is 1. The van der Waals surface area contributed by atoms with Crippen molar-refractivity contribution in [2.24, 2.45) is 0 Å². The number of carbonyl (C=O) groups excluding carboxylic acids is 1. The lowest BCUT2D eigenvalue weighted by Crippen LogP contribution is -2.28. The number of unbranched alkanes of at least 4 members (excludes halogenated alkanes) is 4. The predicted octanol–water partition coefficient (Wildman–Crippen LogP) is 2.49. The van der Waals surface area contributed by atoms with Crippen LogP contribution in [-0.4, -0.2) is 23.5 Å². The minimum absolute atomic E-state index is 0.188. The molecule has 0 aliphatic heterocycles. The van der Waals surface area contributed by atoms with E-state index in [0.717, 1.165) is 19.3 Å². The first-order chi connectivity index (χ1) is 8.16. The van der Waals surface area contributed by atoms with Gasteiger partial charge in [-0.05, 0) is 25.7 Å². The summed E-state index contributed by atoms with van der Waals surface area (Å²) in [5.74, 6) is -1.19. The molecule has 2 N–H and O–H groups in total. The fourth-order valence-electron chi connectivity index (χ4n) is 1.39. The third kappa shape index (κ3) is 12.6. The molecule has 0 radical (unpaired) electrons. The summed E-state index contributed by atoms with van der Waals surface area (Å²) in [5, 5.41) is 10.7. The molecule has 0 atom stereocenters. The number of allylic oxidation sites excluding steroid dienone is 2. The summed E-state index contributed by atoms with van der Waals surface area (Å²) < 4.78 is 0. The Hall–Kier alpha value is -1.32. The van der Waals surface area contributed by atoms with Crippen molar-refractivity contribution in [2.45, 2.75) is 51.9 Å². The van der Waals surface area contributed by atoms with Crippen molar-refractivity contribution >= 4 is 11.9 Å². The molecule has 0 aliphatic carbocycles. The Bertz CT molecular complexity index is 249. The van der Waals surface area contributed by atoms with Crippen LogP contribution < -0.4 is 5.32 Å². The molecule has 0 heterocycles. The largest absolute Gasteiger partial charge is 0.480 e. The summed E-state index contributed by atoms with van der Waals surface area (Å²) in [7, 11) is 0. The Morgan fingerprint density at radius 2 is 1.76 bits per heavy atom. The van der Waals surface area contributed by atoms with E-state index in [-0.39, 0.29) is 12.5 Å². The number of carbonyl (C=O) groups is 2. The molecule has 4 nitrogen and oxygen atoms in total. The van der Waals surface area contributed by atoms with Gasteiger partial charge >= 0.3 is 5.97 Å². The zero-order valence-corrected chi connectivity index (χ0v) is 10.6. The smallest absolute Gasteiger partial charge is 0.322 e. The molecule has 0 aliphatic rings. The summed E-state index contributed by atoms with van der Waals surface area (Å²) in [5.41, 5.74) is 0. The molecule has 0 fully saturated rings. The first kappa shape index (κ1) is 15.7. The lowest BCUT2D eigenvalue weighted by molar-refractivity contribution is -0.137. The molecule has 0 saturated carbocycles. The molecule has 0 spiro atoms. The average Bonchev–Trinajstić information content (AvgIpc) is 2.30. The molecule has 0 unspecified atom stereocenters. The van der Waals surface area contributed by atoms with Crippen molar-refractivity contribution in [1.82, 2.24) is 5.32 Å². The van der Waals surface area contributed by atoms with E-state index < -0.39 is 5.97 Å². The van der Waals surface area contributed by atoms with E-state index in [1.165, 1.54) is 19.3 Å².